The average Bonchev–Trinajstić information content (AvgIpc) is 3.35. The number of allylic oxidation sites excluding steroid dienone is 17. The number of amides is 1. The minimum atomic E-state index is -1.80. The summed E-state index contributed by atoms with van der Waals surface area (Å²) < 4.78 is 22.6. The Hall–Kier alpha value is -3.35. The van der Waals surface area contributed by atoms with Crippen molar-refractivity contribution in [3.05, 3.63) is 109 Å². The number of hydrogen-bond acceptors (Lipinski definition) is 13. The van der Waals surface area contributed by atoms with Crippen molar-refractivity contribution in [1.82, 2.24) is 5.32 Å². The fourth-order valence-electron chi connectivity index (χ4n) is 7.49. The van der Waals surface area contributed by atoms with Gasteiger partial charge in [-0.05, 0) is 89.9 Å². The number of ether oxygens (including phenoxy) is 4. The third kappa shape index (κ3) is 27.2. The van der Waals surface area contributed by atoms with Crippen LogP contribution in [0.1, 0.15) is 136 Å². The molecule has 14 heteroatoms. The summed E-state index contributed by atoms with van der Waals surface area (Å²) in [6.07, 6.45) is 38.4. The molecule has 2 aliphatic rings. The molecule has 9 N–H and O–H groups in total. The molecule has 2 saturated heterocycles. The van der Waals surface area contributed by atoms with Crippen LogP contribution in [-0.4, -0.2) is 140 Å². The van der Waals surface area contributed by atoms with Crippen molar-refractivity contribution in [3.63, 3.8) is 0 Å². The predicted octanol–water partition coefficient (Wildman–Crippen LogP) is 6.93. The highest BCUT2D eigenvalue weighted by atomic mass is 16.7. The van der Waals surface area contributed by atoms with E-state index >= 15 is 0 Å². The maximum absolute atomic E-state index is 13.2. The number of aliphatic hydroxyl groups excluding tert-OH is 8. The molecule has 69 heavy (non-hydrogen) atoms. The van der Waals surface area contributed by atoms with Crippen LogP contribution >= 0.6 is 0 Å². The zero-order valence-electron chi connectivity index (χ0n) is 41.5. The van der Waals surface area contributed by atoms with E-state index in [4.69, 9.17) is 18.9 Å². The zero-order chi connectivity index (χ0) is 50.3. The molecule has 2 aliphatic heterocycles. The minimum Gasteiger partial charge on any atom is -0.394 e. The van der Waals surface area contributed by atoms with Gasteiger partial charge >= 0.3 is 0 Å². The number of nitrogens with one attached hydrogen (secondary N) is 1. The first-order valence-electron chi connectivity index (χ1n) is 25.6. The Bertz CT molecular complexity index is 1570. The third-order valence-electron chi connectivity index (χ3n) is 11.7. The van der Waals surface area contributed by atoms with E-state index in [0.717, 1.165) is 89.9 Å². The predicted molar refractivity (Wildman–Crippen MR) is 272 cm³/mol. The van der Waals surface area contributed by atoms with Crippen LogP contribution in [0.3, 0.4) is 0 Å². The van der Waals surface area contributed by atoms with Crippen LogP contribution in [0.4, 0.5) is 0 Å². The van der Waals surface area contributed by atoms with Gasteiger partial charge in [-0.15, -0.1) is 0 Å². The molecule has 0 aromatic heterocycles. The first kappa shape index (κ1) is 61.8. The van der Waals surface area contributed by atoms with Crippen molar-refractivity contribution in [3.8, 4) is 0 Å². The van der Waals surface area contributed by atoms with Crippen LogP contribution in [0.25, 0.3) is 0 Å². The number of carbonyl (C=O) groups excluding carboxylic acids is 1. The van der Waals surface area contributed by atoms with Crippen LogP contribution in [0, 0.1) is 0 Å². The minimum absolute atomic E-state index is 0.232. The summed E-state index contributed by atoms with van der Waals surface area (Å²) in [5.41, 5.74) is 0. The van der Waals surface area contributed by atoms with Crippen LogP contribution in [0.5, 0.6) is 0 Å². The maximum Gasteiger partial charge on any atom is 0.220 e. The first-order chi connectivity index (χ1) is 33.6. The molecular formula is C55H89NO13. The summed E-state index contributed by atoms with van der Waals surface area (Å²) in [6, 6.07) is -0.958. The third-order valence-corrected chi connectivity index (χ3v) is 11.7. The average molecular weight is 972 g/mol. The van der Waals surface area contributed by atoms with Gasteiger partial charge in [0.25, 0.3) is 0 Å². The van der Waals surface area contributed by atoms with Crippen molar-refractivity contribution in [1.29, 1.82) is 0 Å². The van der Waals surface area contributed by atoms with Gasteiger partial charge < -0.3 is 65.1 Å². The van der Waals surface area contributed by atoms with Gasteiger partial charge in [0.15, 0.2) is 12.6 Å². The molecule has 2 rings (SSSR count). The molecule has 0 radical (unpaired) electrons. The van der Waals surface area contributed by atoms with Gasteiger partial charge in [0.2, 0.25) is 5.91 Å². The van der Waals surface area contributed by atoms with E-state index in [-0.39, 0.29) is 18.9 Å². The van der Waals surface area contributed by atoms with Crippen molar-refractivity contribution in [2.75, 3.05) is 19.8 Å². The van der Waals surface area contributed by atoms with Gasteiger partial charge in [-0.3, -0.25) is 4.79 Å². The lowest BCUT2D eigenvalue weighted by molar-refractivity contribution is -0.359. The standard InChI is InChI=1S/C55H89NO13/c1-3-5-7-9-11-13-15-17-18-19-20-21-22-23-24-25-26-27-29-31-33-35-37-39-47(60)56-43(44(59)38-36-34-32-30-28-16-14-12-10-8-6-4-2)42-66-54-52(65)50(63)53(46(41-58)68-54)69-55-51(64)49(62)48(61)45(40-57)67-55/h5,7,10-13,17-18,20-21,23-24,26-28,30,36,38,43-46,48-55,57-59,61-65H,3-4,6,8-9,14-16,19,22,25,29,31-35,37,39-42H2,1-2H3,(H,56,60)/b7-5-,12-10+,13-11-,18-17-,21-20-,24-23-,27-26-,30-28+,38-36+. The first-order valence-corrected chi connectivity index (χ1v) is 25.6. The molecule has 392 valence electrons. The summed E-state index contributed by atoms with van der Waals surface area (Å²) in [5, 5.41) is 86.6. The van der Waals surface area contributed by atoms with E-state index in [1.807, 2.05) is 6.08 Å². The second-order valence-corrected chi connectivity index (χ2v) is 17.5. The Morgan fingerprint density at radius 3 is 1.58 bits per heavy atom. The molecule has 0 aromatic rings. The fraction of sp³-hybridized carbons (Fsp3) is 0.655. The van der Waals surface area contributed by atoms with E-state index in [9.17, 15) is 45.6 Å². The zero-order valence-corrected chi connectivity index (χ0v) is 41.5. The fourth-order valence-corrected chi connectivity index (χ4v) is 7.49. The second kappa shape index (κ2) is 40.3. The van der Waals surface area contributed by atoms with Gasteiger partial charge in [-0.25, -0.2) is 0 Å². The second-order valence-electron chi connectivity index (χ2n) is 17.5. The van der Waals surface area contributed by atoms with Crippen molar-refractivity contribution in [2.24, 2.45) is 0 Å². The Labute approximate surface area is 413 Å². The van der Waals surface area contributed by atoms with Gasteiger partial charge in [0.05, 0.1) is 32.0 Å². The number of aliphatic hydroxyl groups is 8. The van der Waals surface area contributed by atoms with Crippen molar-refractivity contribution < 1.29 is 64.6 Å². The molecule has 0 aliphatic carbocycles. The highest BCUT2D eigenvalue weighted by Gasteiger charge is 2.51. The molecule has 0 spiro atoms. The van der Waals surface area contributed by atoms with E-state index < -0.39 is 86.8 Å². The normalized spacial score (nSPS) is 27.1. The lowest BCUT2D eigenvalue weighted by Crippen LogP contribution is -2.65. The largest absolute Gasteiger partial charge is 0.394 e. The Morgan fingerprint density at radius 2 is 1.01 bits per heavy atom. The summed E-state index contributed by atoms with van der Waals surface area (Å²) in [7, 11) is 0. The molecule has 12 unspecified atom stereocenters. The summed E-state index contributed by atoms with van der Waals surface area (Å²) in [5.74, 6) is -0.286. The van der Waals surface area contributed by atoms with E-state index in [2.05, 4.69) is 116 Å². The Balaban J connectivity index is 1.84. The number of hydrogen-bond donors (Lipinski definition) is 9. The SMILES string of the molecule is CC/C=C\C/C=C\C/C=C\C/C=C\C/C=C\C/C=C\CCCCCCC(=O)NC(COC1OC(CO)C(OC2OC(CO)C(O)C(O)C2O)C(O)C1O)C(O)/C=C/CC/C=C/CC/C=C/CCCC. The number of rotatable bonds is 37. The van der Waals surface area contributed by atoms with Crippen LogP contribution in [0.2, 0.25) is 0 Å². The summed E-state index contributed by atoms with van der Waals surface area (Å²) in [4.78, 5) is 13.2. The topological polar surface area (TPSA) is 228 Å². The lowest BCUT2D eigenvalue weighted by atomic mass is 9.97. The molecule has 2 fully saturated rings. The van der Waals surface area contributed by atoms with Crippen LogP contribution in [-0.2, 0) is 23.7 Å². The van der Waals surface area contributed by atoms with Crippen LogP contribution < -0.4 is 5.32 Å². The summed E-state index contributed by atoms with van der Waals surface area (Å²) in [6.45, 7) is 2.54. The van der Waals surface area contributed by atoms with E-state index in [0.29, 0.717) is 12.8 Å². The van der Waals surface area contributed by atoms with Gasteiger partial charge in [-0.1, -0.05) is 149 Å². The van der Waals surface area contributed by atoms with E-state index in [1.54, 1.807) is 6.08 Å². The molecular weight excluding hydrogens is 883 g/mol. The Kier molecular flexibility index (Phi) is 36.0. The monoisotopic (exact) mass is 972 g/mol. The van der Waals surface area contributed by atoms with Gasteiger partial charge in [-0.2, -0.15) is 0 Å². The molecule has 2 heterocycles. The summed E-state index contributed by atoms with van der Waals surface area (Å²) >= 11 is 0. The van der Waals surface area contributed by atoms with Gasteiger partial charge in [0.1, 0.15) is 48.8 Å². The van der Waals surface area contributed by atoms with Gasteiger partial charge in [0, 0.05) is 6.42 Å². The van der Waals surface area contributed by atoms with E-state index in [1.165, 1.54) is 12.8 Å². The van der Waals surface area contributed by atoms with Crippen molar-refractivity contribution in [2.45, 2.75) is 209 Å². The lowest BCUT2D eigenvalue weighted by Gasteiger charge is -2.46. The molecule has 12 atom stereocenters. The highest BCUT2D eigenvalue weighted by molar-refractivity contribution is 5.76. The van der Waals surface area contributed by atoms with Crippen molar-refractivity contribution >= 4 is 5.91 Å². The number of carbonyl (C=O) groups is 1. The highest BCUT2D eigenvalue weighted by Crippen LogP contribution is 2.30. The van der Waals surface area contributed by atoms with Crippen LogP contribution in [0.15, 0.2) is 109 Å². The molecule has 14 nitrogen and oxygen atoms in total. The molecule has 0 saturated carbocycles. The quantitative estimate of drug-likeness (QED) is 0.0228. The smallest absolute Gasteiger partial charge is 0.220 e. The molecule has 0 bridgehead atoms. The maximum atomic E-state index is 13.2. The molecule has 1 amide bonds. The number of unbranched alkanes of at least 4 members (excludes halogenated alkanes) is 8. The molecule has 0 aromatic carbocycles. The Morgan fingerprint density at radius 1 is 0.536 bits per heavy atom.